The first-order chi connectivity index (χ1) is 9.22. The second kappa shape index (κ2) is 7.31. The smallest absolute Gasteiger partial charge is 0.0604 e. The van der Waals surface area contributed by atoms with E-state index in [1.807, 2.05) is 6.92 Å². The summed E-state index contributed by atoms with van der Waals surface area (Å²) in [6, 6.07) is 1.36. The average molecular weight is 262 g/mol. The molecule has 2 atom stereocenters. The van der Waals surface area contributed by atoms with Crippen molar-refractivity contribution in [3.63, 3.8) is 0 Å². The Morgan fingerprint density at radius 1 is 1.21 bits per heavy atom. The molecular weight excluding hydrogens is 232 g/mol. The fourth-order valence-corrected chi connectivity index (χ4v) is 3.73. The van der Waals surface area contributed by atoms with Crippen molar-refractivity contribution in [3.8, 4) is 11.8 Å². The van der Waals surface area contributed by atoms with E-state index in [1.54, 1.807) is 0 Å². The highest BCUT2D eigenvalue weighted by Gasteiger charge is 2.33. The normalized spacial score (nSPS) is 30.1. The number of piperazine rings is 1. The molecule has 0 spiro atoms. The van der Waals surface area contributed by atoms with Crippen LogP contribution in [-0.4, -0.2) is 36.6 Å². The summed E-state index contributed by atoms with van der Waals surface area (Å²) in [5.41, 5.74) is 0. The van der Waals surface area contributed by atoms with Gasteiger partial charge < -0.3 is 5.32 Å². The van der Waals surface area contributed by atoms with Crippen molar-refractivity contribution in [1.82, 2.24) is 10.2 Å². The Hall–Kier alpha value is -0.520. The molecule has 2 aliphatic rings. The van der Waals surface area contributed by atoms with E-state index >= 15 is 0 Å². The van der Waals surface area contributed by atoms with Crippen LogP contribution in [0.25, 0.3) is 0 Å². The maximum absolute atomic E-state index is 3.84. The molecule has 0 aromatic heterocycles. The molecule has 2 rings (SSSR count). The standard InChI is InChI=1S/C17H30N2/c1-4-5-11-19-13-16(15-9-7-6-8-10-15)18-12-17(19)14(2)3/h14-18H,6-13H2,1-3H3. The predicted octanol–water partition coefficient (Wildman–Crippen LogP) is 2.89. The van der Waals surface area contributed by atoms with E-state index in [9.17, 15) is 0 Å². The lowest BCUT2D eigenvalue weighted by molar-refractivity contribution is 0.0841. The summed E-state index contributed by atoms with van der Waals surface area (Å²) in [4.78, 5) is 2.62. The highest BCUT2D eigenvalue weighted by molar-refractivity contribution is 5.01. The first-order valence-corrected chi connectivity index (χ1v) is 8.09. The molecule has 2 unspecified atom stereocenters. The lowest BCUT2D eigenvalue weighted by atomic mass is 9.82. The molecule has 0 aromatic carbocycles. The molecule has 0 radical (unpaired) electrons. The molecule has 2 nitrogen and oxygen atoms in total. The van der Waals surface area contributed by atoms with Crippen LogP contribution in [0.3, 0.4) is 0 Å². The monoisotopic (exact) mass is 262 g/mol. The van der Waals surface area contributed by atoms with Crippen LogP contribution in [0.15, 0.2) is 0 Å². The molecule has 2 heteroatoms. The van der Waals surface area contributed by atoms with E-state index in [0.29, 0.717) is 18.0 Å². The zero-order chi connectivity index (χ0) is 13.7. The summed E-state index contributed by atoms with van der Waals surface area (Å²) in [6.45, 7) is 9.90. The molecule has 1 N–H and O–H groups in total. The van der Waals surface area contributed by atoms with Gasteiger partial charge in [0, 0.05) is 25.2 Å². The Morgan fingerprint density at radius 2 is 1.95 bits per heavy atom. The Bertz CT molecular complexity index is 320. The van der Waals surface area contributed by atoms with Crippen LogP contribution in [0.4, 0.5) is 0 Å². The highest BCUT2D eigenvalue weighted by atomic mass is 15.2. The van der Waals surface area contributed by atoms with Crippen LogP contribution in [0.5, 0.6) is 0 Å². The Kier molecular flexibility index (Phi) is 5.73. The summed E-state index contributed by atoms with van der Waals surface area (Å²) in [6.07, 6.45) is 7.17. The van der Waals surface area contributed by atoms with Crippen molar-refractivity contribution < 1.29 is 0 Å². The van der Waals surface area contributed by atoms with Crippen LogP contribution < -0.4 is 5.32 Å². The van der Waals surface area contributed by atoms with Crippen molar-refractivity contribution in [2.24, 2.45) is 11.8 Å². The first kappa shape index (κ1) is 14.9. The summed E-state index contributed by atoms with van der Waals surface area (Å²) < 4.78 is 0. The molecule has 108 valence electrons. The third-order valence-corrected chi connectivity index (χ3v) is 4.94. The Balaban J connectivity index is 1.96. The minimum Gasteiger partial charge on any atom is -0.311 e. The van der Waals surface area contributed by atoms with Crippen molar-refractivity contribution in [2.45, 2.75) is 65.0 Å². The zero-order valence-electron chi connectivity index (χ0n) is 12.9. The van der Waals surface area contributed by atoms with E-state index in [1.165, 1.54) is 38.6 Å². The van der Waals surface area contributed by atoms with Crippen molar-refractivity contribution >= 4 is 0 Å². The highest BCUT2D eigenvalue weighted by Crippen LogP contribution is 2.29. The maximum atomic E-state index is 3.84. The topological polar surface area (TPSA) is 15.3 Å². The lowest BCUT2D eigenvalue weighted by Gasteiger charge is -2.44. The van der Waals surface area contributed by atoms with Gasteiger partial charge in [-0.3, -0.25) is 4.90 Å². The van der Waals surface area contributed by atoms with Gasteiger partial charge in [-0.2, -0.15) is 0 Å². The average Bonchev–Trinajstić information content (AvgIpc) is 2.45. The van der Waals surface area contributed by atoms with E-state index in [4.69, 9.17) is 0 Å². The van der Waals surface area contributed by atoms with Crippen LogP contribution in [0.1, 0.15) is 52.9 Å². The quantitative estimate of drug-likeness (QED) is 0.787. The third kappa shape index (κ3) is 3.97. The largest absolute Gasteiger partial charge is 0.311 e. The molecule has 1 aliphatic carbocycles. The van der Waals surface area contributed by atoms with Crippen molar-refractivity contribution in [3.05, 3.63) is 0 Å². The van der Waals surface area contributed by atoms with Crippen molar-refractivity contribution in [2.75, 3.05) is 19.6 Å². The van der Waals surface area contributed by atoms with Gasteiger partial charge in [0.15, 0.2) is 0 Å². The van der Waals surface area contributed by atoms with Gasteiger partial charge in [0.2, 0.25) is 0 Å². The number of nitrogens with one attached hydrogen (secondary N) is 1. The maximum Gasteiger partial charge on any atom is 0.0604 e. The van der Waals surface area contributed by atoms with E-state index in [2.05, 4.69) is 35.9 Å². The Morgan fingerprint density at radius 3 is 2.58 bits per heavy atom. The molecular formula is C17H30N2. The molecule has 19 heavy (non-hydrogen) atoms. The van der Waals surface area contributed by atoms with Crippen LogP contribution in [0.2, 0.25) is 0 Å². The second-order valence-electron chi connectivity index (χ2n) is 6.58. The van der Waals surface area contributed by atoms with Gasteiger partial charge in [-0.1, -0.05) is 39.0 Å². The molecule has 1 heterocycles. The summed E-state index contributed by atoms with van der Waals surface area (Å²) in [5, 5.41) is 3.84. The first-order valence-electron chi connectivity index (χ1n) is 8.09. The minimum atomic E-state index is 0.653. The van der Waals surface area contributed by atoms with Gasteiger partial charge in [0.05, 0.1) is 6.54 Å². The van der Waals surface area contributed by atoms with E-state index in [0.717, 1.165) is 19.0 Å². The van der Waals surface area contributed by atoms with Gasteiger partial charge >= 0.3 is 0 Å². The molecule has 2 fully saturated rings. The van der Waals surface area contributed by atoms with Crippen molar-refractivity contribution in [1.29, 1.82) is 0 Å². The SMILES string of the molecule is CC#CCN1CC(C2CCCCC2)NCC1C(C)C. The number of nitrogens with zero attached hydrogens (tertiary/aromatic N) is 1. The molecule has 0 amide bonds. The van der Waals surface area contributed by atoms with Crippen LogP contribution in [0, 0.1) is 23.7 Å². The van der Waals surface area contributed by atoms with Gasteiger partial charge in [-0.05, 0) is 31.6 Å². The molecule has 1 saturated carbocycles. The second-order valence-corrected chi connectivity index (χ2v) is 6.58. The summed E-state index contributed by atoms with van der Waals surface area (Å²) >= 11 is 0. The predicted molar refractivity (Wildman–Crippen MR) is 82.0 cm³/mol. The number of rotatable bonds is 3. The van der Waals surface area contributed by atoms with Gasteiger partial charge in [0.1, 0.15) is 0 Å². The van der Waals surface area contributed by atoms with Gasteiger partial charge in [-0.25, -0.2) is 0 Å². The summed E-state index contributed by atoms with van der Waals surface area (Å²) in [5.74, 6) is 7.94. The van der Waals surface area contributed by atoms with Crippen LogP contribution >= 0.6 is 0 Å². The lowest BCUT2D eigenvalue weighted by Crippen LogP contribution is -2.60. The van der Waals surface area contributed by atoms with Gasteiger partial charge in [-0.15, -0.1) is 5.92 Å². The number of hydrogen-bond acceptors (Lipinski definition) is 2. The zero-order valence-corrected chi connectivity index (χ0v) is 12.9. The molecule has 0 bridgehead atoms. The summed E-state index contributed by atoms with van der Waals surface area (Å²) in [7, 11) is 0. The fraction of sp³-hybridized carbons (Fsp3) is 0.882. The minimum absolute atomic E-state index is 0.653. The van der Waals surface area contributed by atoms with E-state index in [-0.39, 0.29) is 0 Å². The Labute approximate surface area is 119 Å². The van der Waals surface area contributed by atoms with E-state index < -0.39 is 0 Å². The number of hydrogen-bond donors (Lipinski definition) is 1. The van der Waals surface area contributed by atoms with Gasteiger partial charge in [0.25, 0.3) is 0 Å². The van der Waals surface area contributed by atoms with Crippen LogP contribution in [-0.2, 0) is 0 Å². The molecule has 0 aromatic rings. The molecule has 1 saturated heterocycles. The molecule has 1 aliphatic heterocycles. The fourth-order valence-electron chi connectivity index (χ4n) is 3.73. The third-order valence-electron chi connectivity index (χ3n) is 4.94.